The van der Waals surface area contributed by atoms with Gasteiger partial charge in [-0.15, -0.1) is 0 Å². The average Bonchev–Trinajstić information content (AvgIpc) is 3.91. The molecule has 13 rings (SSSR count). The number of aromatic nitrogens is 1. The highest BCUT2D eigenvalue weighted by Gasteiger charge is 2.20. The van der Waals surface area contributed by atoms with Gasteiger partial charge < -0.3 is 13.9 Å². The molecule has 2 heterocycles. The Bertz CT molecular complexity index is 3840. The largest absolute Gasteiger partial charge is 0.456 e. The maximum atomic E-state index is 6.35. The van der Waals surface area contributed by atoms with Crippen LogP contribution in [0.1, 0.15) is 0 Å². The van der Waals surface area contributed by atoms with Crippen molar-refractivity contribution in [3.63, 3.8) is 0 Å². The van der Waals surface area contributed by atoms with Crippen molar-refractivity contribution in [2.45, 2.75) is 0 Å². The van der Waals surface area contributed by atoms with Crippen molar-refractivity contribution in [3.05, 3.63) is 231 Å². The zero-order valence-corrected chi connectivity index (χ0v) is 34.2. The normalized spacial score (nSPS) is 11.8. The number of benzene rings is 11. The van der Waals surface area contributed by atoms with Gasteiger partial charge in [-0.3, -0.25) is 0 Å². The molecule has 63 heavy (non-hydrogen) atoms. The van der Waals surface area contributed by atoms with E-state index in [1.54, 1.807) is 0 Å². The number of anilines is 3. The van der Waals surface area contributed by atoms with Crippen molar-refractivity contribution in [2.75, 3.05) is 4.90 Å². The molecule has 11 aromatic carbocycles. The number of hydrogen-bond donors (Lipinski definition) is 0. The Balaban J connectivity index is 1.00. The predicted octanol–water partition coefficient (Wildman–Crippen LogP) is 16.9. The Labute approximate surface area is 363 Å². The van der Waals surface area contributed by atoms with Crippen LogP contribution in [0.15, 0.2) is 235 Å². The van der Waals surface area contributed by atoms with Crippen LogP contribution >= 0.6 is 0 Å². The van der Waals surface area contributed by atoms with Gasteiger partial charge in [0.1, 0.15) is 11.2 Å². The van der Waals surface area contributed by atoms with Gasteiger partial charge >= 0.3 is 0 Å². The molecule has 0 bridgehead atoms. The van der Waals surface area contributed by atoms with Crippen molar-refractivity contribution in [1.82, 2.24) is 4.57 Å². The summed E-state index contributed by atoms with van der Waals surface area (Å²) in [6.07, 6.45) is 0. The molecule has 13 aromatic rings. The Hall–Kier alpha value is -8.40. The van der Waals surface area contributed by atoms with Crippen molar-refractivity contribution >= 4 is 93.1 Å². The summed E-state index contributed by atoms with van der Waals surface area (Å²) < 4.78 is 8.76. The average molecular weight is 803 g/mol. The molecule has 3 heteroatoms. The second-order valence-electron chi connectivity index (χ2n) is 16.4. The molecular weight excluding hydrogens is 765 g/mol. The molecule has 0 amide bonds. The summed E-state index contributed by atoms with van der Waals surface area (Å²) in [5, 5.41) is 12.3. The van der Waals surface area contributed by atoms with Crippen molar-refractivity contribution in [2.24, 2.45) is 0 Å². The highest BCUT2D eigenvalue weighted by atomic mass is 16.3. The summed E-state index contributed by atoms with van der Waals surface area (Å²) in [6.45, 7) is 0. The fraction of sp³-hybridized carbons (Fsp3) is 0. The van der Waals surface area contributed by atoms with E-state index in [1.807, 2.05) is 6.07 Å². The second kappa shape index (κ2) is 14.1. The van der Waals surface area contributed by atoms with Gasteiger partial charge in [-0.05, 0) is 116 Å². The van der Waals surface area contributed by atoms with Gasteiger partial charge in [-0.25, -0.2) is 0 Å². The lowest BCUT2D eigenvalue weighted by Crippen LogP contribution is -2.10. The Morgan fingerprint density at radius 2 is 0.810 bits per heavy atom. The summed E-state index contributed by atoms with van der Waals surface area (Å²) in [7, 11) is 0. The van der Waals surface area contributed by atoms with Crippen molar-refractivity contribution in [1.29, 1.82) is 0 Å². The number of rotatable bonds is 6. The van der Waals surface area contributed by atoms with E-state index in [0.29, 0.717) is 0 Å². The SMILES string of the molecule is c1cc(-c2cccc3oc4ccccc4c23)cc(N(c2ccc(-c3ccccc3-n3c4ccccc4c4ccccc43)cc2)c2ccc3c4ccccc4c4ccccc4c3c2)c1. The van der Waals surface area contributed by atoms with Crippen LogP contribution in [0.4, 0.5) is 17.1 Å². The minimum absolute atomic E-state index is 0.890. The summed E-state index contributed by atoms with van der Waals surface area (Å²) in [6, 6.07) is 83.5. The lowest BCUT2D eigenvalue weighted by Gasteiger charge is -2.27. The topological polar surface area (TPSA) is 21.3 Å². The Morgan fingerprint density at radius 3 is 1.52 bits per heavy atom. The minimum atomic E-state index is 0.890. The molecule has 0 aliphatic carbocycles. The van der Waals surface area contributed by atoms with E-state index in [0.717, 1.165) is 61.4 Å². The third-order valence-corrected chi connectivity index (χ3v) is 13.0. The highest BCUT2D eigenvalue weighted by molar-refractivity contribution is 6.26. The highest BCUT2D eigenvalue weighted by Crippen LogP contribution is 2.44. The van der Waals surface area contributed by atoms with E-state index in [9.17, 15) is 0 Å². The predicted molar refractivity (Wildman–Crippen MR) is 266 cm³/mol. The molecule has 0 N–H and O–H groups in total. The molecule has 0 saturated carbocycles. The second-order valence-corrected chi connectivity index (χ2v) is 16.4. The molecule has 0 unspecified atom stereocenters. The van der Waals surface area contributed by atoms with Crippen LogP contribution < -0.4 is 4.90 Å². The zero-order chi connectivity index (χ0) is 41.4. The van der Waals surface area contributed by atoms with Gasteiger partial charge in [-0.2, -0.15) is 0 Å². The third kappa shape index (κ3) is 5.53. The fourth-order valence-corrected chi connectivity index (χ4v) is 10.2. The monoisotopic (exact) mass is 802 g/mol. The van der Waals surface area contributed by atoms with Gasteiger partial charge in [0.2, 0.25) is 0 Å². The molecule has 294 valence electrons. The first-order valence-corrected chi connectivity index (χ1v) is 21.6. The van der Waals surface area contributed by atoms with Gasteiger partial charge in [0, 0.05) is 44.2 Å². The minimum Gasteiger partial charge on any atom is -0.456 e. The van der Waals surface area contributed by atoms with E-state index in [1.165, 1.54) is 59.7 Å². The first-order chi connectivity index (χ1) is 31.3. The van der Waals surface area contributed by atoms with E-state index in [-0.39, 0.29) is 0 Å². The van der Waals surface area contributed by atoms with Crippen LogP contribution in [0, 0.1) is 0 Å². The third-order valence-electron chi connectivity index (χ3n) is 13.0. The zero-order valence-electron chi connectivity index (χ0n) is 34.2. The van der Waals surface area contributed by atoms with Crippen LogP contribution in [-0.2, 0) is 0 Å². The van der Waals surface area contributed by atoms with E-state index >= 15 is 0 Å². The molecule has 0 radical (unpaired) electrons. The maximum Gasteiger partial charge on any atom is 0.136 e. The van der Waals surface area contributed by atoms with Gasteiger partial charge in [-0.1, -0.05) is 164 Å². The van der Waals surface area contributed by atoms with Crippen LogP contribution in [0.25, 0.3) is 104 Å². The fourth-order valence-electron chi connectivity index (χ4n) is 10.2. The summed E-state index contributed by atoms with van der Waals surface area (Å²) in [4.78, 5) is 2.41. The molecule has 0 atom stereocenters. The van der Waals surface area contributed by atoms with Crippen LogP contribution in [-0.4, -0.2) is 4.57 Å². The number of furan rings is 1. The first-order valence-electron chi connectivity index (χ1n) is 21.6. The lowest BCUT2D eigenvalue weighted by molar-refractivity contribution is 0.669. The lowest BCUT2D eigenvalue weighted by atomic mass is 9.94. The molecule has 0 fully saturated rings. The number of hydrogen-bond acceptors (Lipinski definition) is 2. The van der Waals surface area contributed by atoms with Gasteiger partial charge in [0.05, 0.1) is 16.7 Å². The van der Waals surface area contributed by atoms with Crippen LogP contribution in [0.3, 0.4) is 0 Å². The van der Waals surface area contributed by atoms with Gasteiger partial charge in [0.15, 0.2) is 0 Å². The molecule has 2 aromatic heterocycles. The standard InChI is InChI=1S/C60H38N2O/c1-2-20-48-46(18-1)47-19-3-4-21-49(47)54-38-43(35-36-50(48)54)61(42-16-13-15-40(37-42)45-25-14-30-59-60(45)53-24-8-12-29-58(53)63-59)41-33-31-39(32-34-41)44-17-5-9-26-55(44)62-56-27-10-6-22-51(56)52-23-7-11-28-57(52)62/h1-38H. The number of para-hydroxylation sites is 4. The number of fused-ring (bicyclic) bond motifs is 12. The molecule has 0 aliphatic heterocycles. The van der Waals surface area contributed by atoms with Crippen LogP contribution in [0.5, 0.6) is 0 Å². The van der Waals surface area contributed by atoms with Gasteiger partial charge in [0.25, 0.3) is 0 Å². The van der Waals surface area contributed by atoms with Crippen molar-refractivity contribution < 1.29 is 4.42 Å². The van der Waals surface area contributed by atoms with Crippen molar-refractivity contribution in [3.8, 4) is 27.9 Å². The first kappa shape index (κ1) is 35.4. The Kier molecular flexibility index (Phi) is 7.91. The molecule has 3 nitrogen and oxygen atoms in total. The van der Waals surface area contributed by atoms with E-state index in [4.69, 9.17) is 4.42 Å². The molecular formula is C60H38N2O. The van der Waals surface area contributed by atoms with E-state index in [2.05, 4.69) is 234 Å². The smallest absolute Gasteiger partial charge is 0.136 e. The Morgan fingerprint density at radius 1 is 0.302 bits per heavy atom. The molecule has 0 aliphatic rings. The maximum absolute atomic E-state index is 6.35. The number of nitrogens with zero attached hydrogens (tertiary/aromatic N) is 2. The summed E-state index contributed by atoms with van der Waals surface area (Å²) in [5.74, 6) is 0. The molecule has 0 spiro atoms. The van der Waals surface area contributed by atoms with E-state index < -0.39 is 0 Å². The summed E-state index contributed by atoms with van der Waals surface area (Å²) >= 11 is 0. The molecule has 0 saturated heterocycles. The summed E-state index contributed by atoms with van der Waals surface area (Å²) in [5.41, 5.74) is 13.2. The quantitative estimate of drug-likeness (QED) is 0.156. The van der Waals surface area contributed by atoms with Crippen LogP contribution in [0.2, 0.25) is 0 Å².